The Kier molecular flexibility index (Phi) is 9.19. The van der Waals surface area contributed by atoms with Gasteiger partial charge in [-0.3, -0.25) is 14.5 Å². The van der Waals surface area contributed by atoms with Crippen LogP contribution in [0.3, 0.4) is 0 Å². The number of rotatable bonds is 8. The van der Waals surface area contributed by atoms with E-state index in [1.165, 1.54) is 4.90 Å². The van der Waals surface area contributed by atoms with Gasteiger partial charge in [0.25, 0.3) is 5.91 Å². The van der Waals surface area contributed by atoms with Gasteiger partial charge in [-0.1, -0.05) is 39.0 Å². The summed E-state index contributed by atoms with van der Waals surface area (Å²) in [7, 11) is 1.65. The first-order chi connectivity index (χ1) is 17.0. The molecule has 3 aromatic rings. The van der Waals surface area contributed by atoms with Crippen molar-refractivity contribution in [3.8, 4) is 17.2 Å². The third-order valence-electron chi connectivity index (χ3n) is 5.35. The summed E-state index contributed by atoms with van der Waals surface area (Å²) in [4.78, 5) is 27.0. The van der Waals surface area contributed by atoms with Crippen LogP contribution in [0.5, 0.6) is 17.2 Å². The number of nitrogens with zero attached hydrogens (tertiary/aromatic N) is 1. The molecule has 0 fully saturated rings. The van der Waals surface area contributed by atoms with Crippen LogP contribution >= 0.6 is 31.9 Å². The summed E-state index contributed by atoms with van der Waals surface area (Å²) in [6.45, 7) is 8.05. The SMILES string of the molecule is CCOC(=O)CN(C(=O)c1ccccc1)c1cc(Br)c(Oc2ccc(OC)c(C(C)(C)C)c2)c(Br)c1. The maximum atomic E-state index is 13.3. The quantitative estimate of drug-likeness (QED) is 0.244. The second-order valence-corrected chi connectivity index (χ2v) is 10.7. The van der Waals surface area contributed by atoms with Crippen molar-refractivity contribution in [2.75, 3.05) is 25.2 Å². The molecule has 0 aliphatic heterocycles. The summed E-state index contributed by atoms with van der Waals surface area (Å²) in [5.74, 6) is 1.14. The molecule has 0 heterocycles. The lowest BCUT2D eigenvalue weighted by Crippen LogP contribution is -2.36. The molecule has 0 saturated carbocycles. The minimum absolute atomic E-state index is 0.144. The van der Waals surface area contributed by atoms with Crippen LogP contribution in [0.2, 0.25) is 0 Å². The number of carbonyl (C=O) groups excluding carboxylic acids is 2. The number of hydrogen-bond donors (Lipinski definition) is 0. The first kappa shape index (κ1) is 27.7. The van der Waals surface area contributed by atoms with Crippen molar-refractivity contribution in [3.05, 3.63) is 80.7 Å². The Morgan fingerprint density at radius 1 is 0.944 bits per heavy atom. The molecule has 0 saturated heterocycles. The molecule has 0 aliphatic rings. The number of methoxy groups -OCH3 is 1. The van der Waals surface area contributed by atoms with E-state index in [1.54, 1.807) is 50.4 Å². The van der Waals surface area contributed by atoms with Gasteiger partial charge in [0.1, 0.15) is 18.0 Å². The van der Waals surface area contributed by atoms with Gasteiger partial charge in [0, 0.05) is 16.8 Å². The Morgan fingerprint density at radius 2 is 1.58 bits per heavy atom. The van der Waals surface area contributed by atoms with E-state index in [2.05, 4.69) is 52.6 Å². The molecule has 0 spiro atoms. The van der Waals surface area contributed by atoms with Crippen molar-refractivity contribution in [1.82, 2.24) is 0 Å². The molecule has 1 amide bonds. The molecular formula is C28H29Br2NO5. The van der Waals surface area contributed by atoms with Crippen molar-refractivity contribution in [2.24, 2.45) is 0 Å². The predicted molar refractivity (Wildman–Crippen MR) is 148 cm³/mol. The Hall–Kier alpha value is -2.84. The fraction of sp³-hybridized carbons (Fsp3) is 0.286. The summed E-state index contributed by atoms with van der Waals surface area (Å²) < 4.78 is 18.1. The normalized spacial score (nSPS) is 11.1. The van der Waals surface area contributed by atoms with Crippen LogP contribution in [0.4, 0.5) is 5.69 Å². The molecular weight excluding hydrogens is 590 g/mol. The third kappa shape index (κ3) is 6.68. The van der Waals surface area contributed by atoms with Crippen LogP contribution in [-0.4, -0.2) is 32.1 Å². The molecule has 190 valence electrons. The molecule has 0 unspecified atom stereocenters. The average molecular weight is 619 g/mol. The van der Waals surface area contributed by atoms with Gasteiger partial charge >= 0.3 is 5.97 Å². The Bertz CT molecular complexity index is 1220. The summed E-state index contributed by atoms with van der Waals surface area (Å²) in [6.07, 6.45) is 0. The topological polar surface area (TPSA) is 65.1 Å². The fourth-order valence-corrected chi connectivity index (χ4v) is 4.93. The van der Waals surface area contributed by atoms with E-state index < -0.39 is 5.97 Å². The lowest BCUT2D eigenvalue weighted by atomic mass is 9.86. The lowest BCUT2D eigenvalue weighted by Gasteiger charge is -2.24. The summed E-state index contributed by atoms with van der Waals surface area (Å²) in [6, 6.07) is 18.0. The highest BCUT2D eigenvalue weighted by molar-refractivity contribution is 9.11. The zero-order valence-corrected chi connectivity index (χ0v) is 24.1. The summed E-state index contributed by atoms with van der Waals surface area (Å²) in [5, 5.41) is 0. The van der Waals surface area contributed by atoms with Crippen molar-refractivity contribution in [1.29, 1.82) is 0 Å². The highest BCUT2D eigenvalue weighted by Crippen LogP contribution is 2.42. The Morgan fingerprint density at radius 3 is 2.14 bits per heavy atom. The van der Waals surface area contributed by atoms with E-state index in [0.717, 1.165) is 11.3 Å². The largest absolute Gasteiger partial charge is 0.496 e. The molecule has 0 aromatic heterocycles. The van der Waals surface area contributed by atoms with E-state index in [1.807, 2.05) is 24.3 Å². The molecule has 0 bridgehead atoms. The van der Waals surface area contributed by atoms with Gasteiger partial charge in [-0.05, 0) is 86.7 Å². The van der Waals surface area contributed by atoms with Gasteiger partial charge < -0.3 is 14.2 Å². The van der Waals surface area contributed by atoms with Gasteiger partial charge in [-0.15, -0.1) is 0 Å². The highest BCUT2D eigenvalue weighted by Gasteiger charge is 2.24. The maximum Gasteiger partial charge on any atom is 0.326 e. The molecule has 0 N–H and O–H groups in total. The van der Waals surface area contributed by atoms with E-state index in [0.29, 0.717) is 31.7 Å². The van der Waals surface area contributed by atoms with Crippen LogP contribution in [-0.2, 0) is 14.9 Å². The predicted octanol–water partition coefficient (Wildman–Crippen LogP) is 7.52. The van der Waals surface area contributed by atoms with E-state index in [4.69, 9.17) is 14.2 Å². The molecule has 3 rings (SSSR count). The molecule has 3 aromatic carbocycles. The number of benzene rings is 3. The van der Waals surface area contributed by atoms with Crippen molar-refractivity contribution >= 4 is 49.4 Å². The summed E-state index contributed by atoms with van der Waals surface area (Å²) >= 11 is 7.16. The number of halogens is 2. The first-order valence-corrected chi connectivity index (χ1v) is 13.0. The smallest absolute Gasteiger partial charge is 0.326 e. The number of ether oxygens (including phenoxy) is 3. The molecule has 8 heteroatoms. The second-order valence-electron chi connectivity index (χ2n) is 9.02. The average Bonchev–Trinajstić information content (AvgIpc) is 2.84. The van der Waals surface area contributed by atoms with Gasteiger partial charge in [0.15, 0.2) is 5.75 Å². The number of carbonyl (C=O) groups is 2. The van der Waals surface area contributed by atoms with E-state index in [9.17, 15) is 9.59 Å². The van der Waals surface area contributed by atoms with E-state index in [-0.39, 0.29) is 24.5 Å². The number of anilines is 1. The van der Waals surface area contributed by atoms with Crippen molar-refractivity contribution in [2.45, 2.75) is 33.1 Å². The minimum Gasteiger partial charge on any atom is -0.496 e. The summed E-state index contributed by atoms with van der Waals surface area (Å²) in [5.41, 5.74) is 1.84. The molecule has 36 heavy (non-hydrogen) atoms. The Labute approximate surface area is 228 Å². The number of amides is 1. The fourth-order valence-electron chi connectivity index (χ4n) is 3.61. The highest BCUT2D eigenvalue weighted by atomic mass is 79.9. The lowest BCUT2D eigenvalue weighted by molar-refractivity contribution is -0.141. The van der Waals surface area contributed by atoms with Crippen molar-refractivity contribution < 1.29 is 23.8 Å². The molecule has 6 nitrogen and oxygen atoms in total. The Balaban J connectivity index is 1.98. The first-order valence-electron chi connectivity index (χ1n) is 11.4. The number of hydrogen-bond acceptors (Lipinski definition) is 5. The van der Waals surface area contributed by atoms with Crippen LogP contribution < -0.4 is 14.4 Å². The van der Waals surface area contributed by atoms with Gasteiger partial charge in [0.2, 0.25) is 0 Å². The van der Waals surface area contributed by atoms with Crippen molar-refractivity contribution in [3.63, 3.8) is 0 Å². The van der Waals surface area contributed by atoms with E-state index >= 15 is 0 Å². The number of esters is 1. The van der Waals surface area contributed by atoms with Crippen LogP contribution in [0.25, 0.3) is 0 Å². The monoisotopic (exact) mass is 617 g/mol. The van der Waals surface area contributed by atoms with Gasteiger partial charge in [-0.2, -0.15) is 0 Å². The maximum absolute atomic E-state index is 13.3. The van der Waals surface area contributed by atoms with Crippen LogP contribution in [0.1, 0.15) is 43.6 Å². The van der Waals surface area contributed by atoms with Crippen LogP contribution in [0, 0.1) is 0 Å². The standard InChI is InChI=1S/C28H29Br2NO5/c1-6-35-25(32)17-31(27(33)18-10-8-7-9-11-18)19-14-22(29)26(23(30)15-19)36-20-12-13-24(34-5)21(16-20)28(2,3)4/h7-16H,6,17H2,1-5H3. The molecule has 0 aliphatic carbocycles. The third-order valence-corrected chi connectivity index (χ3v) is 6.53. The molecule has 0 atom stereocenters. The van der Waals surface area contributed by atoms with Gasteiger partial charge in [-0.25, -0.2) is 0 Å². The van der Waals surface area contributed by atoms with Crippen LogP contribution in [0.15, 0.2) is 69.6 Å². The zero-order chi connectivity index (χ0) is 26.5. The zero-order valence-electron chi connectivity index (χ0n) is 20.9. The second kappa shape index (κ2) is 11.9. The van der Waals surface area contributed by atoms with Gasteiger partial charge in [0.05, 0.1) is 22.7 Å². The molecule has 0 radical (unpaired) electrons. The minimum atomic E-state index is -0.498.